The Morgan fingerprint density at radius 1 is 1.47 bits per heavy atom. The van der Waals surface area contributed by atoms with Crippen LogP contribution in [0.4, 0.5) is 5.82 Å². The number of anilines is 1. The second-order valence-electron chi connectivity index (χ2n) is 4.29. The fourth-order valence-corrected chi connectivity index (χ4v) is 2.25. The lowest BCUT2D eigenvalue weighted by Gasteiger charge is -2.17. The summed E-state index contributed by atoms with van der Waals surface area (Å²) in [7, 11) is 1.86. The molecule has 1 unspecified atom stereocenters. The zero-order valence-corrected chi connectivity index (χ0v) is 12.0. The molecule has 2 rings (SSSR count). The first-order valence-corrected chi connectivity index (χ1v) is 6.80. The fraction of sp³-hybridized carbons (Fsp3) is 0.667. The smallest absolute Gasteiger partial charge is 0.160 e. The quantitative estimate of drug-likeness (QED) is 0.908. The van der Waals surface area contributed by atoms with Crippen molar-refractivity contribution < 1.29 is 4.74 Å². The van der Waals surface area contributed by atoms with Gasteiger partial charge < -0.3 is 10.1 Å². The second kappa shape index (κ2) is 5.31. The maximum Gasteiger partial charge on any atom is 0.160 e. The number of nitrogens with one attached hydrogen (secondary N) is 1. The summed E-state index contributed by atoms with van der Waals surface area (Å²) in [5, 5.41) is 3.08. The van der Waals surface area contributed by atoms with E-state index < -0.39 is 0 Å². The number of hydrogen-bond acceptors (Lipinski definition) is 4. The first-order valence-electron chi connectivity index (χ1n) is 6.00. The van der Waals surface area contributed by atoms with Gasteiger partial charge in [-0.05, 0) is 48.5 Å². The number of halogens is 1. The van der Waals surface area contributed by atoms with Gasteiger partial charge in [-0.15, -0.1) is 0 Å². The van der Waals surface area contributed by atoms with Crippen LogP contribution in [0, 0.1) is 12.8 Å². The molecule has 0 amide bonds. The minimum Gasteiger partial charge on any atom is -0.372 e. The summed E-state index contributed by atoms with van der Waals surface area (Å²) in [5.74, 6) is 2.23. The maximum atomic E-state index is 5.78. The molecule has 1 aliphatic carbocycles. The van der Waals surface area contributed by atoms with Crippen LogP contribution in [0.5, 0.6) is 0 Å². The molecule has 1 aliphatic rings. The topological polar surface area (TPSA) is 47.0 Å². The lowest BCUT2D eigenvalue weighted by molar-refractivity contribution is 0.0400. The van der Waals surface area contributed by atoms with Crippen LogP contribution in [0.1, 0.15) is 37.4 Å². The van der Waals surface area contributed by atoms with E-state index in [1.165, 1.54) is 12.8 Å². The molecule has 0 bridgehead atoms. The van der Waals surface area contributed by atoms with E-state index in [-0.39, 0.29) is 6.10 Å². The van der Waals surface area contributed by atoms with Crippen LogP contribution >= 0.6 is 15.9 Å². The van der Waals surface area contributed by atoms with Crippen molar-refractivity contribution in [2.24, 2.45) is 5.92 Å². The van der Waals surface area contributed by atoms with Gasteiger partial charge in [0.1, 0.15) is 11.9 Å². The molecular weight excluding hydrogens is 282 g/mol. The SMILES string of the molecule is CCOC(c1nc(C)c(Br)c(NC)n1)C1CC1. The van der Waals surface area contributed by atoms with E-state index in [1.54, 1.807) is 0 Å². The van der Waals surface area contributed by atoms with E-state index in [0.29, 0.717) is 12.5 Å². The van der Waals surface area contributed by atoms with Crippen LogP contribution < -0.4 is 5.32 Å². The third-order valence-corrected chi connectivity index (χ3v) is 3.87. The summed E-state index contributed by atoms with van der Waals surface area (Å²) in [5.41, 5.74) is 0.949. The molecule has 1 aromatic heterocycles. The Hall–Kier alpha value is -0.680. The number of ether oxygens (including phenoxy) is 1. The zero-order chi connectivity index (χ0) is 12.4. The van der Waals surface area contributed by atoms with Gasteiger partial charge in [-0.3, -0.25) is 0 Å². The van der Waals surface area contributed by atoms with E-state index in [2.05, 4.69) is 31.2 Å². The minimum atomic E-state index is 0.0545. The van der Waals surface area contributed by atoms with Gasteiger partial charge >= 0.3 is 0 Å². The van der Waals surface area contributed by atoms with Gasteiger partial charge in [0.2, 0.25) is 0 Å². The van der Waals surface area contributed by atoms with Crippen LogP contribution in [0.3, 0.4) is 0 Å². The Balaban J connectivity index is 2.32. The van der Waals surface area contributed by atoms with E-state index in [0.717, 1.165) is 21.8 Å². The third kappa shape index (κ3) is 2.77. The second-order valence-corrected chi connectivity index (χ2v) is 5.09. The summed E-state index contributed by atoms with van der Waals surface area (Å²) >= 11 is 3.49. The van der Waals surface area contributed by atoms with Crippen LogP contribution in [-0.4, -0.2) is 23.6 Å². The van der Waals surface area contributed by atoms with Crippen molar-refractivity contribution in [1.82, 2.24) is 9.97 Å². The number of nitrogens with zero attached hydrogens (tertiary/aromatic N) is 2. The van der Waals surface area contributed by atoms with Crippen molar-refractivity contribution in [1.29, 1.82) is 0 Å². The van der Waals surface area contributed by atoms with Gasteiger partial charge in [-0.2, -0.15) is 0 Å². The van der Waals surface area contributed by atoms with Crippen LogP contribution in [0.15, 0.2) is 4.47 Å². The molecule has 0 saturated heterocycles. The Labute approximate surface area is 110 Å². The van der Waals surface area contributed by atoms with Crippen LogP contribution in [0.25, 0.3) is 0 Å². The molecule has 1 N–H and O–H groups in total. The van der Waals surface area contributed by atoms with E-state index in [9.17, 15) is 0 Å². The lowest BCUT2D eigenvalue weighted by Crippen LogP contribution is -2.13. The molecule has 1 aromatic rings. The van der Waals surface area contributed by atoms with Crippen molar-refractivity contribution in [3.63, 3.8) is 0 Å². The van der Waals surface area contributed by atoms with Gasteiger partial charge in [0.25, 0.3) is 0 Å². The molecule has 1 atom stereocenters. The third-order valence-electron chi connectivity index (χ3n) is 2.92. The zero-order valence-electron chi connectivity index (χ0n) is 10.5. The summed E-state index contributed by atoms with van der Waals surface area (Å²) in [6.07, 6.45) is 2.50. The Morgan fingerprint density at radius 2 is 2.18 bits per heavy atom. The predicted molar refractivity (Wildman–Crippen MR) is 71.1 cm³/mol. The summed E-state index contributed by atoms with van der Waals surface area (Å²) < 4.78 is 6.70. The van der Waals surface area contributed by atoms with Crippen LogP contribution in [0.2, 0.25) is 0 Å². The highest BCUT2D eigenvalue weighted by molar-refractivity contribution is 9.10. The van der Waals surface area contributed by atoms with E-state index in [4.69, 9.17) is 4.74 Å². The van der Waals surface area contributed by atoms with Crippen molar-refractivity contribution in [2.75, 3.05) is 19.0 Å². The predicted octanol–water partition coefficient (Wildman–Crippen LogP) is 3.08. The number of rotatable bonds is 5. The molecule has 17 heavy (non-hydrogen) atoms. The molecule has 1 heterocycles. The molecule has 0 radical (unpaired) electrons. The average molecular weight is 300 g/mol. The molecule has 94 valence electrons. The number of hydrogen-bond donors (Lipinski definition) is 1. The van der Waals surface area contributed by atoms with Gasteiger partial charge in [-0.1, -0.05) is 0 Å². The largest absolute Gasteiger partial charge is 0.372 e. The van der Waals surface area contributed by atoms with Crippen molar-refractivity contribution in [3.05, 3.63) is 16.0 Å². The molecule has 4 nitrogen and oxygen atoms in total. The lowest BCUT2D eigenvalue weighted by atomic mass is 10.2. The van der Waals surface area contributed by atoms with Crippen molar-refractivity contribution >= 4 is 21.7 Å². The highest BCUT2D eigenvalue weighted by Gasteiger charge is 2.35. The summed E-state index contributed by atoms with van der Waals surface area (Å²) in [6.45, 7) is 4.70. The molecular formula is C12H18BrN3O. The first kappa shape index (κ1) is 12.8. The van der Waals surface area contributed by atoms with Crippen molar-refractivity contribution in [2.45, 2.75) is 32.8 Å². The fourth-order valence-electron chi connectivity index (χ4n) is 1.87. The first-order chi connectivity index (χ1) is 8.17. The highest BCUT2D eigenvalue weighted by Crippen LogP contribution is 2.42. The standard InChI is InChI=1S/C12H18BrN3O/c1-4-17-10(8-5-6-8)12-15-7(2)9(13)11(14-3)16-12/h8,10H,4-6H2,1-3H3,(H,14,15,16). The Morgan fingerprint density at radius 3 is 2.71 bits per heavy atom. The van der Waals surface area contributed by atoms with E-state index in [1.807, 2.05) is 20.9 Å². The van der Waals surface area contributed by atoms with Gasteiger partial charge in [0.05, 0.1) is 10.2 Å². The molecule has 0 aliphatic heterocycles. The minimum absolute atomic E-state index is 0.0545. The van der Waals surface area contributed by atoms with Crippen molar-refractivity contribution in [3.8, 4) is 0 Å². The molecule has 1 fully saturated rings. The van der Waals surface area contributed by atoms with E-state index >= 15 is 0 Å². The van der Waals surface area contributed by atoms with Gasteiger partial charge in [0, 0.05) is 13.7 Å². The summed E-state index contributed by atoms with van der Waals surface area (Å²) in [4.78, 5) is 9.08. The molecule has 1 saturated carbocycles. The molecule has 5 heteroatoms. The Kier molecular flexibility index (Phi) is 3.99. The maximum absolute atomic E-state index is 5.78. The molecule has 0 spiro atoms. The van der Waals surface area contributed by atoms with Gasteiger partial charge in [-0.25, -0.2) is 9.97 Å². The number of aromatic nitrogens is 2. The van der Waals surface area contributed by atoms with Crippen LogP contribution in [-0.2, 0) is 4.74 Å². The molecule has 0 aromatic carbocycles. The highest BCUT2D eigenvalue weighted by atomic mass is 79.9. The summed E-state index contributed by atoms with van der Waals surface area (Å²) in [6, 6.07) is 0. The normalized spacial score (nSPS) is 16.9. The average Bonchev–Trinajstić information content (AvgIpc) is 3.13. The number of aryl methyl sites for hydroxylation is 1. The Bertz CT molecular complexity index is 407. The van der Waals surface area contributed by atoms with Gasteiger partial charge in [0.15, 0.2) is 5.82 Å². The monoisotopic (exact) mass is 299 g/mol.